The molecule has 1 aliphatic carbocycles. The lowest BCUT2D eigenvalue weighted by Crippen LogP contribution is -3.00. The predicted molar refractivity (Wildman–Crippen MR) is 66.0 cm³/mol. The highest BCUT2D eigenvalue weighted by Gasteiger charge is 2.47. The smallest absolute Gasteiger partial charge is 0.124 e. The summed E-state index contributed by atoms with van der Waals surface area (Å²) in [6.07, 6.45) is 7.10. The molecule has 0 bridgehead atoms. The first kappa shape index (κ1) is 9.91. The summed E-state index contributed by atoms with van der Waals surface area (Å²) in [4.78, 5) is 0. The fourth-order valence-electron chi connectivity index (χ4n) is 2.92. The molecule has 2 aliphatic rings. The third kappa shape index (κ3) is 1.54. The summed E-state index contributed by atoms with van der Waals surface area (Å²) < 4.78 is 0. The van der Waals surface area contributed by atoms with Crippen LogP contribution in [0.15, 0.2) is 42.5 Å². The Morgan fingerprint density at radius 1 is 1.25 bits per heavy atom. The number of hydrogen-bond acceptors (Lipinski definition) is 1. The summed E-state index contributed by atoms with van der Waals surface area (Å²) in [5.41, 5.74) is 4.15. The van der Waals surface area contributed by atoms with Crippen molar-refractivity contribution >= 4 is 5.69 Å². The first-order valence-electron chi connectivity index (χ1n) is 6.11. The quantitative estimate of drug-likeness (QED) is 0.558. The van der Waals surface area contributed by atoms with E-state index in [1.807, 2.05) is 0 Å². The van der Waals surface area contributed by atoms with Crippen molar-refractivity contribution in [1.82, 2.24) is 0 Å². The van der Waals surface area contributed by atoms with Gasteiger partial charge in [-0.15, -0.1) is 0 Å². The SMILES string of the molecule is C[C@]12CC=CC[C@H]1CN(c1ccccc1)[NH2+]2. The zero-order chi connectivity index (χ0) is 11.0. The van der Waals surface area contributed by atoms with E-state index in [2.05, 4.69) is 59.8 Å². The van der Waals surface area contributed by atoms with E-state index in [0.717, 1.165) is 5.92 Å². The maximum absolute atomic E-state index is 2.44. The van der Waals surface area contributed by atoms with E-state index >= 15 is 0 Å². The fourth-order valence-corrected chi connectivity index (χ4v) is 2.92. The monoisotopic (exact) mass is 215 g/mol. The van der Waals surface area contributed by atoms with Gasteiger partial charge >= 0.3 is 0 Å². The van der Waals surface area contributed by atoms with Crippen LogP contribution in [0.4, 0.5) is 5.69 Å². The van der Waals surface area contributed by atoms with Gasteiger partial charge in [-0.05, 0) is 25.5 Å². The van der Waals surface area contributed by atoms with Crippen LogP contribution in [-0.4, -0.2) is 12.1 Å². The van der Waals surface area contributed by atoms with E-state index in [9.17, 15) is 0 Å². The van der Waals surface area contributed by atoms with Gasteiger partial charge in [-0.1, -0.05) is 30.4 Å². The van der Waals surface area contributed by atoms with Crippen molar-refractivity contribution in [3.8, 4) is 0 Å². The molecule has 1 heterocycles. The molecule has 0 aromatic heterocycles. The second kappa shape index (κ2) is 3.63. The largest absolute Gasteiger partial charge is 0.238 e. The van der Waals surface area contributed by atoms with Crippen molar-refractivity contribution in [3.05, 3.63) is 42.5 Å². The second-order valence-electron chi connectivity index (χ2n) is 5.23. The summed E-state index contributed by atoms with van der Waals surface area (Å²) in [6, 6.07) is 10.7. The van der Waals surface area contributed by atoms with Crippen molar-refractivity contribution in [1.29, 1.82) is 0 Å². The standard InChI is InChI=1S/C14H18N2/c1-14-10-6-5-7-12(14)11-16(15-14)13-8-3-2-4-9-13/h2-6,8-9,12,15H,7,10-11H2,1H3/p+1/t12-,14-/m0/s1. The van der Waals surface area contributed by atoms with Crippen LogP contribution in [0, 0.1) is 5.92 Å². The van der Waals surface area contributed by atoms with Crippen molar-refractivity contribution < 1.29 is 5.43 Å². The Hall–Kier alpha value is -1.28. The number of anilines is 1. The highest BCUT2D eigenvalue weighted by atomic mass is 15.6. The third-order valence-corrected chi connectivity index (χ3v) is 4.03. The maximum Gasteiger partial charge on any atom is 0.124 e. The van der Waals surface area contributed by atoms with Gasteiger partial charge in [0, 0.05) is 12.3 Å². The van der Waals surface area contributed by atoms with Crippen LogP contribution in [0.3, 0.4) is 0 Å². The molecule has 0 saturated carbocycles. The van der Waals surface area contributed by atoms with Crippen molar-refractivity contribution in [3.63, 3.8) is 0 Å². The Bertz CT molecular complexity index is 398. The van der Waals surface area contributed by atoms with Gasteiger partial charge in [0.2, 0.25) is 0 Å². The van der Waals surface area contributed by atoms with Gasteiger partial charge in [0.15, 0.2) is 0 Å². The van der Waals surface area contributed by atoms with Crippen LogP contribution in [-0.2, 0) is 0 Å². The number of benzene rings is 1. The van der Waals surface area contributed by atoms with E-state index in [0.29, 0.717) is 5.54 Å². The van der Waals surface area contributed by atoms with Gasteiger partial charge < -0.3 is 0 Å². The second-order valence-corrected chi connectivity index (χ2v) is 5.23. The molecule has 0 radical (unpaired) electrons. The van der Waals surface area contributed by atoms with Crippen molar-refractivity contribution in [2.45, 2.75) is 25.3 Å². The van der Waals surface area contributed by atoms with Gasteiger partial charge in [-0.2, -0.15) is 0 Å². The van der Waals surface area contributed by atoms with Crippen LogP contribution in [0.25, 0.3) is 0 Å². The van der Waals surface area contributed by atoms with E-state index in [-0.39, 0.29) is 0 Å². The third-order valence-electron chi connectivity index (χ3n) is 4.03. The molecule has 2 N–H and O–H groups in total. The number of hydrogen-bond donors (Lipinski definition) is 1. The average molecular weight is 215 g/mol. The molecule has 2 atom stereocenters. The number of quaternary nitrogens is 1. The number of fused-ring (bicyclic) bond motifs is 1. The molecule has 0 unspecified atom stereocenters. The van der Waals surface area contributed by atoms with E-state index in [1.165, 1.54) is 25.1 Å². The summed E-state index contributed by atoms with van der Waals surface area (Å²) >= 11 is 0. The van der Waals surface area contributed by atoms with Gasteiger partial charge in [-0.25, -0.2) is 10.4 Å². The molecule has 0 amide bonds. The molecule has 16 heavy (non-hydrogen) atoms. The summed E-state index contributed by atoms with van der Waals surface area (Å²) in [6.45, 7) is 3.56. The minimum atomic E-state index is 0.380. The number of nitrogens with zero attached hydrogens (tertiary/aromatic N) is 1. The lowest BCUT2D eigenvalue weighted by Gasteiger charge is -2.27. The normalized spacial score (nSPS) is 32.8. The highest BCUT2D eigenvalue weighted by molar-refractivity contribution is 5.43. The van der Waals surface area contributed by atoms with Crippen LogP contribution >= 0.6 is 0 Å². The van der Waals surface area contributed by atoms with Crippen molar-refractivity contribution in [2.75, 3.05) is 11.6 Å². The predicted octanol–water partition coefficient (Wildman–Crippen LogP) is 1.71. The van der Waals surface area contributed by atoms with Crippen molar-refractivity contribution in [2.24, 2.45) is 5.92 Å². The van der Waals surface area contributed by atoms with Crippen LogP contribution in [0.2, 0.25) is 0 Å². The molecular formula is C14H19N2+. The molecule has 2 heteroatoms. The van der Waals surface area contributed by atoms with Crippen LogP contribution in [0.5, 0.6) is 0 Å². The minimum absolute atomic E-state index is 0.380. The zero-order valence-electron chi connectivity index (χ0n) is 9.76. The Balaban J connectivity index is 1.83. The first-order valence-corrected chi connectivity index (χ1v) is 6.11. The molecule has 0 spiro atoms. The first-order chi connectivity index (χ1) is 7.78. The van der Waals surface area contributed by atoms with Crippen LogP contribution < -0.4 is 10.4 Å². The van der Waals surface area contributed by atoms with Gasteiger partial charge in [0.25, 0.3) is 0 Å². The fraction of sp³-hybridized carbons (Fsp3) is 0.429. The summed E-state index contributed by atoms with van der Waals surface area (Å²) in [5, 5.41) is 2.43. The Labute approximate surface area is 96.9 Å². The van der Waals surface area contributed by atoms with Gasteiger partial charge in [0.1, 0.15) is 5.54 Å². The topological polar surface area (TPSA) is 19.9 Å². The van der Waals surface area contributed by atoms with E-state index < -0.39 is 0 Å². The average Bonchev–Trinajstić information content (AvgIpc) is 2.67. The highest BCUT2D eigenvalue weighted by Crippen LogP contribution is 2.31. The molecule has 3 rings (SSSR count). The Kier molecular flexibility index (Phi) is 2.25. The summed E-state index contributed by atoms with van der Waals surface area (Å²) in [7, 11) is 0. The Morgan fingerprint density at radius 2 is 2.06 bits per heavy atom. The molecule has 1 aliphatic heterocycles. The maximum atomic E-state index is 2.44. The number of rotatable bonds is 1. The number of allylic oxidation sites excluding steroid dienone is 1. The van der Waals surface area contributed by atoms with E-state index in [1.54, 1.807) is 0 Å². The Morgan fingerprint density at radius 3 is 2.81 bits per heavy atom. The molecular weight excluding hydrogens is 196 g/mol. The van der Waals surface area contributed by atoms with Gasteiger partial charge in [-0.3, -0.25) is 0 Å². The molecule has 2 nitrogen and oxygen atoms in total. The molecule has 1 fully saturated rings. The number of nitrogens with two attached hydrogens (primary N) is 1. The summed E-state index contributed by atoms with van der Waals surface area (Å²) in [5.74, 6) is 0.790. The lowest BCUT2D eigenvalue weighted by atomic mass is 9.79. The molecule has 1 saturated heterocycles. The zero-order valence-corrected chi connectivity index (χ0v) is 9.76. The van der Waals surface area contributed by atoms with E-state index in [4.69, 9.17) is 0 Å². The molecule has 1 aromatic rings. The lowest BCUT2D eigenvalue weighted by molar-refractivity contribution is -0.719. The molecule has 1 aromatic carbocycles. The van der Waals surface area contributed by atoms with Gasteiger partial charge in [0.05, 0.1) is 12.2 Å². The molecule has 84 valence electrons. The number of para-hydroxylation sites is 1. The van der Waals surface area contributed by atoms with Crippen LogP contribution in [0.1, 0.15) is 19.8 Å². The minimum Gasteiger partial charge on any atom is -0.238 e.